The van der Waals surface area contributed by atoms with Crippen molar-refractivity contribution >= 4 is 17.8 Å². The van der Waals surface area contributed by atoms with Crippen LogP contribution in [0.15, 0.2) is 24.3 Å². The zero-order chi connectivity index (χ0) is 20.3. The van der Waals surface area contributed by atoms with Crippen molar-refractivity contribution in [1.29, 1.82) is 0 Å². The van der Waals surface area contributed by atoms with Crippen molar-refractivity contribution < 1.29 is 33.0 Å². The van der Waals surface area contributed by atoms with Crippen LogP contribution in [0, 0.1) is 11.8 Å². The van der Waals surface area contributed by atoms with Gasteiger partial charge in [0.2, 0.25) is 5.91 Å². The maximum Gasteiger partial charge on any atom is 0.387 e. The SMILES string of the molecule is O=C(NC(C(=O)O)C1CC1)C1CCCN(C(=O)c2ccccc2OC(F)F)C1. The van der Waals surface area contributed by atoms with Crippen LogP contribution in [0.4, 0.5) is 8.78 Å². The molecule has 2 atom stereocenters. The number of carbonyl (C=O) groups is 3. The Balaban J connectivity index is 1.67. The Bertz CT molecular complexity index is 754. The topological polar surface area (TPSA) is 95.9 Å². The van der Waals surface area contributed by atoms with E-state index in [-0.39, 0.29) is 23.8 Å². The summed E-state index contributed by atoms with van der Waals surface area (Å²) in [6.45, 7) is -2.56. The van der Waals surface area contributed by atoms with Crippen LogP contribution >= 0.6 is 0 Å². The third kappa shape index (κ3) is 4.76. The second kappa shape index (κ2) is 8.53. The van der Waals surface area contributed by atoms with E-state index in [4.69, 9.17) is 0 Å². The number of para-hydroxylation sites is 1. The number of aliphatic carboxylic acids is 1. The van der Waals surface area contributed by atoms with Crippen molar-refractivity contribution in [1.82, 2.24) is 10.2 Å². The van der Waals surface area contributed by atoms with Gasteiger partial charge in [-0.1, -0.05) is 12.1 Å². The van der Waals surface area contributed by atoms with Gasteiger partial charge in [-0.25, -0.2) is 4.79 Å². The summed E-state index contributed by atoms with van der Waals surface area (Å²) in [5, 5.41) is 11.9. The number of amides is 2. The average Bonchev–Trinajstić information content (AvgIpc) is 3.50. The molecule has 1 heterocycles. The smallest absolute Gasteiger partial charge is 0.387 e. The molecule has 2 fully saturated rings. The Kier molecular flexibility index (Phi) is 6.11. The van der Waals surface area contributed by atoms with Gasteiger partial charge in [0, 0.05) is 13.1 Å². The summed E-state index contributed by atoms with van der Waals surface area (Å²) in [5.74, 6) is -2.74. The molecular weight excluding hydrogens is 374 g/mol. The molecule has 0 radical (unpaired) electrons. The highest BCUT2D eigenvalue weighted by molar-refractivity contribution is 5.97. The molecule has 2 N–H and O–H groups in total. The van der Waals surface area contributed by atoms with Crippen LogP contribution < -0.4 is 10.1 Å². The fourth-order valence-corrected chi connectivity index (χ4v) is 3.47. The Hall–Kier alpha value is -2.71. The first-order valence-electron chi connectivity index (χ1n) is 9.23. The highest BCUT2D eigenvalue weighted by Gasteiger charge is 2.39. The summed E-state index contributed by atoms with van der Waals surface area (Å²) in [7, 11) is 0. The number of carboxylic acid groups (broad SMARTS) is 1. The molecule has 7 nitrogen and oxygen atoms in total. The number of nitrogens with one attached hydrogen (secondary N) is 1. The lowest BCUT2D eigenvalue weighted by molar-refractivity contribution is -0.143. The van der Waals surface area contributed by atoms with E-state index in [1.807, 2.05) is 0 Å². The highest BCUT2D eigenvalue weighted by atomic mass is 19.3. The predicted molar refractivity (Wildman–Crippen MR) is 94.0 cm³/mol. The predicted octanol–water partition coefficient (Wildman–Crippen LogP) is 2.12. The van der Waals surface area contributed by atoms with Gasteiger partial charge in [-0.3, -0.25) is 9.59 Å². The molecule has 0 spiro atoms. The minimum absolute atomic E-state index is 0.00486. The summed E-state index contributed by atoms with van der Waals surface area (Å²) in [6, 6.07) is 4.83. The maximum atomic E-state index is 12.8. The molecule has 0 bridgehead atoms. The monoisotopic (exact) mass is 396 g/mol. The van der Waals surface area contributed by atoms with Gasteiger partial charge in [0.05, 0.1) is 11.5 Å². The number of halogens is 2. The number of benzene rings is 1. The highest BCUT2D eigenvalue weighted by Crippen LogP contribution is 2.33. The molecule has 2 unspecified atom stereocenters. The van der Waals surface area contributed by atoms with E-state index in [0.29, 0.717) is 19.4 Å². The first kappa shape index (κ1) is 20.0. The van der Waals surface area contributed by atoms with E-state index in [1.165, 1.54) is 23.1 Å². The number of hydrogen-bond acceptors (Lipinski definition) is 4. The number of likely N-dealkylation sites (tertiary alicyclic amines) is 1. The van der Waals surface area contributed by atoms with E-state index in [9.17, 15) is 28.3 Å². The van der Waals surface area contributed by atoms with Gasteiger partial charge in [0.15, 0.2) is 0 Å². The molecule has 2 amide bonds. The van der Waals surface area contributed by atoms with Crippen LogP contribution in [0.1, 0.15) is 36.0 Å². The molecule has 1 aliphatic heterocycles. The number of carbonyl (C=O) groups excluding carboxylic acids is 2. The number of rotatable bonds is 7. The van der Waals surface area contributed by atoms with E-state index in [2.05, 4.69) is 10.1 Å². The largest absolute Gasteiger partial charge is 0.480 e. The Labute approximate surface area is 160 Å². The second-order valence-corrected chi connectivity index (χ2v) is 7.13. The van der Waals surface area contributed by atoms with Gasteiger partial charge in [0.1, 0.15) is 11.8 Å². The molecule has 1 aliphatic carbocycles. The quantitative estimate of drug-likeness (QED) is 0.736. The van der Waals surface area contributed by atoms with Gasteiger partial charge in [0.25, 0.3) is 5.91 Å². The lowest BCUT2D eigenvalue weighted by Crippen LogP contribution is -2.50. The third-order valence-electron chi connectivity index (χ3n) is 5.07. The van der Waals surface area contributed by atoms with Crippen LogP contribution in [-0.2, 0) is 9.59 Å². The van der Waals surface area contributed by atoms with Gasteiger partial charge in [-0.15, -0.1) is 0 Å². The fourth-order valence-electron chi connectivity index (χ4n) is 3.47. The van der Waals surface area contributed by atoms with Gasteiger partial charge in [-0.05, 0) is 43.7 Å². The van der Waals surface area contributed by atoms with Crippen molar-refractivity contribution in [2.24, 2.45) is 11.8 Å². The number of carboxylic acids is 1. The Morgan fingerprint density at radius 1 is 1.18 bits per heavy atom. The van der Waals surface area contributed by atoms with Crippen molar-refractivity contribution in [3.05, 3.63) is 29.8 Å². The molecule has 3 rings (SSSR count). The molecule has 1 saturated heterocycles. The normalized spacial score (nSPS) is 20.5. The van der Waals surface area contributed by atoms with Gasteiger partial charge < -0.3 is 20.1 Å². The van der Waals surface area contributed by atoms with Crippen LogP contribution in [-0.4, -0.2) is 53.5 Å². The molecule has 2 aliphatic rings. The molecule has 1 aromatic rings. The lowest BCUT2D eigenvalue weighted by Gasteiger charge is -2.33. The van der Waals surface area contributed by atoms with Crippen LogP contribution in [0.25, 0.3) is 0 Å². The van der Waals surface area contributed by atoms with Crippen molar-refractivity contribution in [2.75, 3.05) is 13.1 Å². The van der Waals surface area contributed by atoms with E-state index in [1.54, 1.807) is 6.07 Å². The van der Waals surface area contributed by atoms with Crippen LogP contribution in [0.2, 0.25) is 0 Å². The maximum absolute atomic E-state index is 12.8. The van der Waals surface area contributed by atoms with Gasteiger partial charge >= 0.3 is 12.6 Å². The minimum atomic E-state index is -3.05. The molecular formula is C19H22F2N2O5. The number of ether oxygens (including phenoxy) is 1. The van der Waals surface area contributed by atoms with E-state index in [0.717, 1.165) is 12.8 Å². The Morgan fingerprint density at radius 2 is 1.89 bits per heavy atom. The fraction of sp³-hybridized carbons (Fsp3) is 0.526. The van der Waals surface area contributed by atoms with Gasteiger partial charge in [-0.2, -0.15) is 8.78 Å². The summed E-state index contributed by atoms with van der Waals surface area (Å²) in [5.41, 5.74) is 0.00486. The molecule has 0 aromatic heterocycles. The first-order chi connectivity index (χ1) is 13.4. The van der Waals surface area contributed by atoms with Crippen LogP contribution in [0.5, 0.6) is 5.75 Å². The van der Waals surface area contributed by atoms with Crippen molar-refractivity contribution in [3.8, 4) is 5.75 Å². The summed E-state index contributed by atoms with van der Waals surface area (Å²) in [4.78, 5) is 38.1. The molecule has 9 heteroatoms. The van der Waals surface area contributed by atoms with E-state index >= 15 is 0 Å². The minimum Gasteiger partial charge on any atom is -0.480 e. The summed E-state index contributed by atoms with van der Waals surface area (Å²) in [6.07, 6.45) is 2.63. The van der Waals surface area contributed by atoms with Crippen LogP contribution in [0.3, 0.4) is 0 Å². The summed E-state index contributed by atoms with van der Waals surface area (Å²) >= 11 is 0. The number of piperidine rings is 1. The molecule has 152 valence electrons. The summed E-state index contributed by atoms with van der Waals surface area (Å²) < 4.78 is 29.6. The van der Waals surface area contributed by atoms with E-state index < -0.39 is 36.4 Å². The molecule has 28 heavy (non-hydrogen) atoms. The number of hydrogen-bond donors (Lipinski definition) is 2. The molecule has 1 aromatic carbocycles. The zero-order valence-corrected chi connectivity index (χ0v) is 15.1. The average molecular weight is 396 g/mol. The standard InChI is InChI=1S/C19H22F2N2O5/c20-19(21)28-14-6-2-1-5-13(14)17(25)23-9-3-4-12(10-23)16(24)22-15(18(26)27)11-7-8-11/h1-2,5-6,11-12,15,19H,3-4,7-10H2,(H,22,24)(H,26,27). The first-order valence-corrected chi connectivity index (χ1v) is 9.23. The second-order valence-electron chi connectivity index (χ2n) is 7.13. The lowest BCUT2D eigenvalue weighted by atomic mass is 9.95. The molecule has 1 saturated carbocycles. The Morgan fingerprint density at radius 3 is 2.54 bits per heavy atom. The third-order valence-corrected chi connectivity index (χ3v) is 5.07. The number of alkyl halides is 2. The van der Waals surface area contributed by atoms with Crippen molar-refractivity contribution in [3.63, 3.8) is 0 Å². The van der Waals surface area contributed by atoms with Crippen molar-refractivity contribution in [2.45, 2.75) is 38.3 Å². The zero-order valence-electron chi connectivity index (χ0n) is 15.1. The number of nitrogens with zero attached hydrogens (tertiary/aromatic N) is 1.